The summed E-state index contributed by atoms with van der Waals surface area (Å²) in [5, 5.41) is 20.3. The van der Waals surface area contributed by atoms with E-state index in [9.17, 15) is 10.1 Å². The van der Waals surface area contributed by atoms with Crippen molar-refractivity contribution in [1.29, 1.82) is 0 Å². The standard InChI is InChI=1S/C11H12N4O2/c1-8(9-6-12-13-7-9)14-10-2-4-11(5-3-10)15(16)17/h2-8,14H,1H3,(H,12,13). The molecule has 0 saturated carbocycles. The topological polar surface area (TPSA) is 83.8 Å². The number of nitrogens with zero attached hydrogens (tertiary/aromatic N) is 2. The Morgan fingerprint density at radius 3 is 2.65 bits per heavy atom. The average Bonchev–Trinajstić information content (AvgIpc) is 2.83. The van der Waals surface area contributed by atoms with Gasteiger partial charge in [-0.05, 0) is 19.1 Å². The Morgan fingerprint density at radius 2 is 2.12 bits per heavy atom. The maximum Gasteiger partial charge on any atom is 0.269 e. The fraction of sp³-hybridized carbons (Fsp3) is 0.182. The zero-order valence-corrected chi connectivity index (χ0v) is 9.25. The summed E-state index contributed by atoms with van der Waals surface area (Å²) in [6, 6.07) is 6.42. The molecule has 2 aromatic rings. The quantitative estimate of drug-likeness (QED) is 0.626. The molecular formula is C11H12N4O2. The van der Waals surface area contributed by atoms with Crippen molar-refractivity contribution in [2.75, 3.05) is 5.32 Å². The molecule has 2 rings (SSSR count). The molecule has 1 aromatic carbocycles. The summed E-state index contributed by atoms with van der Waals surface area (Å²) in [7, 11) is 0. The van der Waals surface area contributed by atoms with Crippen LogP contribution in [0.1, 0.15) is 18.5 Å². The van der Waals surface area contributed by atoms with Gasteiger partial charge in [0.2, 0.25) is 0 Å². The third-order valence-electron chi connectivity index (χ3n) is 2.48. The maximum atomic E-state index is 10.5. The summed E-state index contributed by atoms with van der Waals surface area (Å²) in [5.74, 6) is 0. The molecule has 1 unspecified atom stereocenters. The summed E-state index contributed by atoms with van der Waals surface area (Å²) in [6.45, 7) is 1.99. The summed E-state index contributed by atoms with van der Waals surface area (Å²) < 4.78 is 0. The van der Waals surface area contributed by atoms with Gasteiger partial charge in [-0.25, -0.2) is 0 Å². The molecule has 0 aliphatic rings. The molecule has 0 amide bonds. The SMILES string of the molecule is CC(Nc1ccc([N+](=O)[O-])cc1)c1cn[nH]c1. The molecule has 0 radical (unpaired) electrons. The molecule has 1 heterocycles. The van der Waals surface area contributed by atoms with Crippen LogP contribution in [-0.2, 0) is 0 Å². The van der Waals surface area contributed by atoms with Crippen molar-refractivity contribution >= 4 is 11.4 Å². The number of H-pyrrole nitrogens is 1. The minimum absolute atomic E-state index is 0.0894. The molecule has 0 spiro atoms. The Hall–Kier alpha value is -2.37. The van der Waals surface area contributed by atoms with Gasteiger partial charge in [0, 0.05) is 29.6 Å². The summed E-state index contributed by atoms with van der Waals surface area (Å²) in [5.41, 5.74) is 1.96. The van der Waals surface area contributed by atoms with Gasteiger partial charge in [0.25, 0.3) is 5.69 Å². The van der Waals surface area contributed by atoms with E-state index in [1.54, 1.807) is 18.3 Å². The Bertz CT molecular complexity index is 493. The van der Waals surface area contributed by atoms with Crippen LogP contribution in [-0.4, -0.2) is 15.1 Å². The van der Waals surface area contributed by atoms with Crippen molar-refractivity contribution in [3.8, 4) is 0 Å². The van der Waals surface area contributed by atoms with E-state index >= 15 is 0 Å². The van der Waals surface area contributed by atoms with Gasteiger partial charge in [-0.1, -0.05) is 0 Å². The molecule has 0 aliphatic carbocycles. The van der Waals surface area contributed by atoms with Gasteiger partial charge in [-0.3, -0.25) is 15.2 Å². The van der Waals surface area contributed by atoms with E-state index in [1.807, 2.05) is 13.1 Å². The van der Waals surface area contributed by atoms with Crippen LogP contribution in [0.5, 0.6) is 0 Å². The highest BCUT2D eigenvalue weighted by Gasteiger charge is 2.08. The lowest BCUT2D eigenvalue weighted by Gasteiger charge is -2.12. The van der Waals surface area contributed by atoms with Crippen LogP contribution in [0.15, 0.2) is 36.7 Å². The summed E-state index contributed by atoms with van der Waals surface area (Å²) in [6.07, 6.45) is 3.55. The Kier molecular flexibility index (Phi) is 3.04. The van der Waals surface area contributed by atoms with E-state index in [1.165, 1.54) is 12.1 Å². The zero-order valence-electron chi connectivity index (χ0n) is 9.25. The van der Waals surface area contributed by atoms with E-state index < -0.39 is 4.92 Å². The molecule has 6 nitrogen and oxygen atoms in total. The summed E-state index contributed by atoms with van der Waals surface area (Å²) in [4.78, 5) is 10.1. The molecule has 0 fully saturated rings. The van der Waals surface area contributed by atoms with Gasteiger partial charge in [0.05, 0.1) is 17.2 Å². The van der Waals surface area contributed by atoms with Gasteiger partial charge in [-0.2, -0.15) is 5.10 Å². The van der Waals surface area contributed by atoms with E-state index in [2.05, 4.69) is 15.5 Å². The average molecular weight is 232 g/mol. The van der Waals surface area contributed by atoms with E-state index in [0.717, 1.165) is 11.3 Å². The predicted molar refractivity (Wildman–Crippen MR) is 63.7 cm³/mol. The molecule has 6 heteroatoms. The molecule has 0 saturated heterocycles. The number of hydrogen-bond donors (Lipinski definition) is 2. The number of nitro benzene ring substituents is 1. The molecule has 2 N–H and O–H groups in total. The molecule has 1 atom stereocenters. The van der Waals surface area contributed by atoms with Crippen molar-refractivity contribution < 1.29 is 4.92 Å². The Morgan fingerprint density at radius 1 is 1.41 bits per heavy atom. The maximum absolute atomic E-state index is 10.5. The summed E-state index contributed by atoms with van der Waals surface area (Å²) >= 11 is 0. The zero-order chi connectivity index (χ0) is 12.3. The third-order valence-corrected chi connectivity index (χ3v) is 2.48. The van der Waals surface area contributed by atoms with Crippen molar-refractivity contribution in [3.05, 3.63) is 52.3 Å². The highest BCUT2D eigenvalue weighted by Crippen LogP contribution is 2.20. The highest BCUT2D eigenvalue weighted by molar-refractivity contribution is 5.49. The first kappa shape index (κ1) is 11.1. The predicted octanol–water partition coefficient (Wildman–Crippen LogP) is 2.49. The van der Waals surface area contributed by atoms with E-state index in [0.29, 0.717) is 0 Å². The molecule has 0 bridgehead atoms. The number of non-ortho nitro benzene ring substituents is 1. The van der Waals surface area contributed by atoms with E-state index in [-0.39, 0.29) is 11.7 Å². The van der Waals surface area contributed by atoms with Crippen LogP contribution in [0.25, 0.3) is 0 Å². The fourth-order valence-corrected chi connectivity index (χ4v) is 1.51. The highest BCUT2D eigenvalue weighted by atomic mass is 16.6. The van der Waals surface area contributed by atoms with Crippen LogP contribution in [0.2, 0.25) is 0 Å². The molecule has 88 valence electrons. The fourth-order valence-electron chi connectivity index (χ4n) is 1.51. The molecule has 17 heavy (non-hydrogen) atoms. The Labute approximate surface area is 97.8 Å². The van der Waals surface area contributed by atoms with Gasteiger partial charge in [-0.15, -0.1) is 0 Å². The number of nitrogens with one attached hydrogen (secondary N) is 2. The van der Waals surface area contributed by atoms with Crippen LogP contribution in [0, 0.1) is 10.1 Å². The number of rotatable bonds is 4. The van der Waals surface area contributed by atoms with Gasteiger partial charge < -0.3 is 5.32 Å². The number of hydrogen-bond acceptors (Lipinski definition) is 4. The molecule has 0 aliphatic heterocycles. The van der Waals surface area contributed by atoms with Crippen molar-refractivity contribution in [1.82, 2.24) is 10.2 Å². The van der Waals surface area contributed by atoms with Gasteiger partial charge in [0.1, 0.15) is 0 Å². The second-order valence-electron chi connectivity index (χ2n) is 3.70. The van der Waals surface area contributed by atoms with Crippen molar-refractivity contribution in [3.63, 3.8) is 0 Å². The van der Waals surface area contributed by atoms with E-state index in [4.69, 9.17) is 0 Å². The normalized spacial score (nSPS) is 12.1. The van der Waals surface area contributed by atoms with Crippen LogP contribution >= 0.6 is 0 Å². The van der Waals surface area contributed by atoms with Gasteiger partial charge in [0.15, 0.2) is 0 Å². The first-order valence-corrected chi connectivity index (χ1v) is 5.16. The first-order chi connectivity index (χ1) is 8.16. The minimum atomic E-state index is -0.413. The lowest BCUT2D eigenvalue weighted by molar-refractivity contribution is -0.384. The lowest BCUT2D eigenvalue weighted by Crippen LogP contribution is -2.05. The molecular weight excluding hydrogens is 220 g/mol. The Balaban J connectivity index is 2.06. The van der Waals surface area contributed by atoms with Crippen LogP contribution in [0.3, 0.4) is 0 Å². The monoisotopic (exact) mass is 232 g/mol. The second kappa shape index (κ2) is 4.65. The third kappa shape index (κ3) is 2.60. The number of benzene rings is 1. The minimum Gasteiger partial charge on any atom is -0.378 e. The van der Waals surface area contributed by atoms with Crippen LogP contribution in [0.4, 0.5) is 11.4 Å². The lowest BCUT2D eigenvalue weighted by atomic mass is 10.2. The number of aromatic amines is 1. The number of aromatic nitrogens is 2. The number of nitro groups is 1. The smallest absolute Gasteiger partial charge is 0.269 e. The van der Waals surface area contributed by atoms with Crippen LogP contribution < -0.4 is 5.32 Å². The van der Waals surface area contributed by atoms with Gasteiger partial charge >= 0.3 is 0 Å². The van der Waals surface area contributed by atoms with Crippen molar-refractivity contribution in [2.24, 2.45) is 0 Å². The molecule has 1 aromatic heterocycles. The first-order valence-electron chi connectivity index (χ1n) is 5.16. The van der Waals surface area contributed by atoms with Crippen molar-refractivity contribution in [2.45, 2.75) is 13.0 Å². The second-order valence-corrected chi connectivity index (χ2v) is 3.70. The number of anilines is 1. The largest absolute Gasteiger partial charge is 0.378 e.